The second kappa shape index (κ2) is 16.6. The third-order valence-corrected chi connectivity index (χ3v) is 11.9. The first-order valence-electron chi connectivity index (χ1n) is 20.2. The first-order valence-corrected chi connectivity index (χ1v) is 20.2. The summed E-state index contributed by atoms with van der Waals surface area (Å²) in [6.45, 7) is 12.1. The predicted octanol–water partition coefficient (Wildman–Crippen LogP) is 12.1. The molecule has 0 aromatic heterocycles. The molecule has 2 aliphatic rings. The number of hydrogen-bond acceptors (Lipinski definition) is 5. The second-order valence-corrected chi connectivity index (χ2v) is 15.5. The normalized spacial score (nSPS) is 18.1. The van der Waals surface area contributed by atoms with Gasteiger partial charge in [-0.05, 0) is 112 Å². The summed E-state index contributed by atoms with van der Waals surface area (Å²) >= 11 is 0. The molecule has 0 spiro atoms. The summed E-state index contributed by atoms with van der Waals surface area (Å²) in [5.41, 5.74) is 11.2. The van der Waals surface area contributed by atoms with E-state index in [4.69, 9.17) is 18.9 Å². The predicted molar refractivity (Wildman–Crippen MR) is 224 cm³/mol. The van der Waals surface area contributed by atoms with Crippen molar-refractivity contribution in [3.63, 3.8) is 0 Å². The molecule has 0 radical (unpaired) electrons. The van der Waals surface area contributed by atoms with Crippen molar-refractivity contribution in [2.45, 2.75) is 97.0 Å². The summed E-state index contributed by atoms with van der Waals surface area (Å²) in [6, 6.07) is 30.9. The van der Waals surface area contributed by atoms with E-state index in [1.54, 1.807) is 7.11 Å². The highest BCUT2D eigenvalue weighted by atomic mass is 16.7. The number of unbranched alkanes of at least 4 members (excludes halogenated alkanes) is 2. The molecule has 5 heteroatoms. The average Bonchev–Trinajstić information content (AvgIpc) is 3.48. The molecule has 0 amide bonds. The number of Topliss-reactive ketones (excluding diaryl/α,β-unsaturated/α-hetero) is 1. The third-order valence-electron chi connectivity index (χ3n) is 11.9. The number of rotatable bonds is 17. The van der Waals surface area contributed by atoms with Crippen LogP contribution in [-0.4, -0.2) is 32.9 Å². The maximum atomic E-state index is 12.5. The maximum Gasteiger partial charge on any atom is 0.178 e. The van der Waals surface area contributed by atoms with E-state index in [1.807, 2.05) is 26.0 Å². The standard InChI is InChI=1S/C50H56O5/c1-7-39(51)13-9-10-27-49(28-11-12-30-54-33-53-8-2)45-32-36(5)17-25-42(45)46-41-24-16-35(4)31-44(41)48-43(47(46)49)26-29-50(55-48,37-18-14-34(3)15-19-37)38-20-22-40(52-6)23-21-38/h14-26,29,31-32H,7-13,27-28,30,33H2,1-6H3. The molecule has 1 aliphatic carbocycles. The van der Waals surface area contributed by atoms with Crippen LogP contribution < -0.4 is 9.47 Å². The van der Waals surface area contributed by atoms with Crippen LogP contribution in [0.15, 0.2) is 91.0 Å². The first-order chi connectivity index (χ1) is 26.7. The van der Waals surface area contributed by atoms with Crippen LogP contribution >= 0.6 is 0 Å². The molecule has 0 saturated carbocycles. The molecule has 2 atom stereocenters. The molecule has 5 nitrogen and oxygen atoms in total. The molecular formula is C50H56O5. The number of ketones is 1. The van der Waals surface area contributed by atoms with Crippen LogP contribution in [-0.2, 0) is 25.3 Å². The van der Waals surface area contributed by atoms with E-state index >= 15 is 0 Å². The van der Waals surface area contributed by atoms with Gasteiger partial charge in [-0.2, -0.15) is 0 Å². The van der Waals surface area contributed by atoms with Crippen LogP contribution in [0.25, 0.3) is 28.0 Å². The lowest BCUT2D eigenvalue weighted by Crippen LogP contribution is -2.35. The van der Waals surface area contributed by atoms with E-state index in [2.05, 4.69) is 106 Å². The maximum absolute atomic E-state index is 12.5. The molecule has 1 heterocycles. The van der Waals surface area contributed by atoms with Gasteiger partial charge in [0.15, 0.2) is 5.60 Å². The molecule has 5 aromatic rings. The van der Waals surface area contributed by atoms with Crippen LogP contribution in [0.1, 0.15) is 110 Å². The Labute approximate surface area is 327 Å². The van der Waals surface area contributed by atoms with E-state index in [1.165, 1.54) is 44.3 Å². The van der Waals surface area contributed by atoms with E-state index in [9.17, 15) is 4.79 Å². The Morgan fingerprint density at radius 3 is 2.11 bits per heavy atom. The topological polar surface area (TPSA) is 54.0 Å². The van der Waals surface area contributed by atoms with Gasteiger partial charge in [0, 0.05) is 53.5 Å². The van der Waals surface area contributed by atoms with Crippen molar-refractivity contribution in [2.75, 3.05) is 27.1 Å². The number of aryl methyl sites for hydroxylation is 3. The fourth-order valence-electron chi connectivity index (χ4n) is 8.96. The van der Waals surface area contributed by atoms with Crippen molar-refractivity contribution in [1.82, 2.24) is 0 Å². The number of carbonyl (C=O) groups is 1. The van der Waals surface area contributed by atoms with Gasteiger partial charge in [-0.1, -0.05) is 103 Å². The molecule has 2 unspecified atom stereocenters. The molecule has 0 bridgehead atoms. The summed E-state index contributed by atoms with van der Waals surface area (Å²) in [5, 5.41) is 2.35. The molecular weight excluding hydrogens is 681 g/mol. The lowest BCUT2D eigenvalue weighted by molar-refractivity contribution is -0.118. The summed E-state index contributed by atoms with van der Waals surface area (Å²) in [4.78, 5) is 12.5. The number of benzene rings is 5. The van der Waals surface area contributed by atoms with Crippen LogP contribution in [0.4, 0.5) is 0 Å². The molecule has 1 aliphatic heterocycles. The minimum absolute atomic E-state index is 0.271. The van der Waals surface area contributed by atoms with Gasteiger partial charge in [-0.3, -0.25) is 4.79 Å². The van der Waals surface area contributed by atoms with Crippen molar-refractivity contribution in [3.05, 3.63) is 136 Å². The zero-order valence-electron chi connectivity index (χ0n) is 33.6. The Morgan fingerprint density at radius 1 is 0.727 bits per heavy atom. The molecule has 286 valence electrons. The zero-order chi connectivity index (χ0) is 38.6. The summed E-state index contributed by atoms with van der Waals surface area (Å²) in [5.74, 6) is 2.07. The van der Waals surface area contributed by atoms with Crippen LogP contribution in [0.3, 0.4) is 0 Å². The van der Waals surface area contributed by atoms with E-state index in [-0.39, 0.29) is 5.41 Å². The summed E-state index contributed by atoms with van der Waals surface area (Å²) < 4.78 is 24.6. The Balaban J connectivity index is 1.45. The molecule has 0 fully saturated rings. The number of fused-ring (bicyclic) bond motifs is 8. The van der Waals surface area contributed by atoms with Gasteiger partial charge >= 0.3 is 0 Å². The molecule has 0 saturated heterocycles. The monoisotopic (exact) mass is 736 g/mol. The zero-order valence-corrected chi connectivity index (χ0v) is 33.6. The smallest absolute Gasteiger partial charge is 0.178 e. The van der Waals surface area contributed by atoms with Gasteiger partial charge < -0.3 is 18.9 Å². The highest BCUT2D eigenvalue weighted by molar-refractivity contribution is 6.08. The van der Waals surface area contributed by atoms with Crippen LogP contribution in [0.2, 0.25) is 0 Å². The van der Waals surface area contributed by atoms with Gasteiger partial charge in [0.1, 0.15) is 24.1 Å². The third kappa shape index (κ3) is 7.37. The van der Waals surface area contributed by atoms with E-state index in [0.29, 0.717) is 38.6 Å². The fourth-order valence-corrected chi connectivity index (χ4v) is 8.96. The first kappa shape index (κ1) is 38.6. The number of carbonyl (C=O) groups excluding carboxylic acids is 1. The number of methoxy groups -OCH3 is 1. The Hall–Kier alpha value is -4.71. The quantitative estimate of drug-likeness (QED) is 0.0703. The van der Waals surface area contributed by atoms with Crippen molar-refractivity contribution in [2.24, 2.45) is 0 Å². The van der Waals surface area contributed by atoms with Crippen molar-refractivity contribution in [3.8, 4) is 22.6 Å². The SMILES string of the molecule is CCOCOCCCCC1(CCCCC(=O)CC)c2cc(C)ccc2-c2c1c1c(c3cc(C)ccc23)OC(c2ccc(C)cc2)(c2ccc(OC)cc2)C=C1. The van der Waals surface area contributed by atoms with E-state index < -0.39 is 5.60 Å². The lowest BCUT2D eigenvalue weighted by atomic mass is 9.68. The van der Waals surface area contributed by atoms with Crippen LogP contribution in [0.5, 0.6) is 11.5 Å². The van der Waals surface area contributed by atoms with Crippen molar-refractivity contribution < 1.29 is 23.7 Å². The number of ether oxygens (including phenoxy) is 4. The van der Waals surface area contributed by atoms with E-state index in [0.717, 1.165) is 72.1 Å². The van der Waals surface area contributed by atoms with Crippen molar-refractivity contribution in [1.29, 1.82) is 0 Å². The Morgan fingerprint density at radius 2 is 1.40 bits per heavy atom. The highest BCUT2D eigenvalue weighted by Crippen LogP contribution is 2.61. The van der Waals surface area contributed by atoms with Gasteiger partial charge in [0.2, 0.25) is 0 Å². The summed E-state index contributed by atoms with van der Waals surface area (Å²) in [7, 11) is 1.70. The van der Waals surface area contributed by atoms with Gasteiger partial charge in [0.25, 0.3) is 0 Å². The van der Waals surface area contributed by atoms with Gasteiger partial charge in [-0.15, -0.1) is 0 Å². The highest BCUT2D eigenvalue weighted by Gasteiger charge is 2.48. The molecule has 55 heavy (non-hydrogen) atoms. The molecule has 5 aromatic carbocycles. The van der Waals surface area contributed by atoms with Gasteiger partial charge in [-0.25, -0.2) is 0 Å². The minimum atomic E-state index is -0.860. The largest absolute Gasteiger partial charge is 0.497 e. The lowest BCUT2D eigenvalue weighted by Gasteiger charge is -2.40. The fraction of sp³-hybridized carbons (Fsp3) is 0.380. The average molecular weight is 737 g/mol. The second-order valence-electron chi connectivity index (χ2n) is 15.5. The summed E-state index contributed by atoms with van der Waals surface area (Å²) in [6.07, 6.45) is 11.6. The number of hydrogen-bond donors (Lipinski definition) is 0. The Bertz CT molecular complexity index is 2180. The van der Waals surface area contributed by atoms with Gasteiger partial charge in [0.05, 0.1) is 7.11 Å². The van der Waals surface area contributed by atoms with Crippen LogP contribution in [0, 0.1) is 20.8 Å². The van der Waals surface area contributed by atoms with Crippen molar-refractivity contribution >= 4 is 22.6 Å². The molecule has 0 N–H and O–H groups in total. The minimum Gasteiger partial charge on any atom is -0.497 e. The molecule has 7 rings (SSSR count). The Kier molecular flexibility index (Phi) is 11.6.